The third-order valence-corrected chi connectivity index (χ3v) is 12.6. The molecule has 0 aliphatic carbocycles. The molecule has 4 rings (SSSR count). The molecule has 1 fully saturated rings. The van der Waals surface area contributed by atoms with Gasteiger partial charge in [0.1, 0.15) is 47.5 Å². The van der Waals surface area contributed by atoms with Gasteiger partial charge in [-0.05, 0) is 116 Å². The van der Waals surface area contributed by atoms with Gasteiger partial charge in [-0.2, -0.15) is 0 Å². The van der Waals surface area contributed by atoms with E-state index in [2.05, 4.69) is 37.2 Å². The highest BCUT2D eigenvalue weighted by Gasteiger charge is 2.44. The number of nitrogens with one attached hydrogen (secondary N) is 7. The Morgan fingerprint density at radius 2 is 1.01 bits per heavy atom. The fourth-order valence-corrected chi connectivity index (χ4v) is 8.68. The van der Waals surface area contributed by atoms with Gasteiger partial charge in [0.2, 0.25) is 23.6 Å². The molecule has 4 unspecified atom stereocenters. The van der Waals surface area contributed by atoms with E-state index in [-0.39, 0.29) is 70.7 Å². The minimum Gasteiger partial charge on any atom is -0.468 e. The first kappa shape index (κ1) is 63.3. The van der Waals surface area contributed by atoms with Gasteiger partial charge in [0, 0.05) is 39.0 Å². The number of methoxy groups -OCH3 is 1. The number of nitrogens with zero attached hydrogens (tertiary/aromatic N) is 1. The number of hydrogen-bond donors (Lipinski definition) is 7. The summed E-state index contributed by atoms with van der Waals surface area (Å²) in [6.07, 6.45) is 0.164. The molecule has 1 aliphatic rings. The Hall–Kier alpha value is -7.22. The van der Waals surface area contributed by atoms with Crippen molar-refractivity contribution in [2.45, 2.75) is 161 Å². The molecular formula is C58H84N8O12. The van der Waals surface area contributed by atoms with Gasteiger partial charge in [0.15, 0.2) is 0 Å². The minimum atomic E-state index is -1.22. The Labute approximate surface area is 459 Å². The molecule has 1 saturated heterocycles. The molecule has 20 nitrogen and oxygen atoms in total. The Kier molecular flexibility index (Phi) is 25.4. The number of esters is 1. The Morgan fingerprint density at radius 3 is 1.54 bits per heavy atom. The second-order valence-corrected chi connectivity index (χ2v) is 22.0. The largest absolute Gasteiger partial charge is 0.468 e. The third kappa shape index (κ3) is 23.2. The van der Waals surface area contributed by atoms with E-state index in [0.717, 1.165) is 16.7 Å². The van der Waals surface area contributed by atoms with Crippen LogP contribution in [0.4, 0.5) is 14.4 Å². The normalized spacial score (nSPS) is 14.8. The first-order valence-corrected chi connectivity index (χ1v) is 27.0. The van der Waals surface area contributed by atoms with Crippen LogP contribution < -0.4 is 37.2 Å². The van der Waals surface area contributed by atoms with Gasteiger partial charge in [-0.3, -0.25) is 24.0 Å². The van der Waals surface area contributed by atoms with Crippen LogP contribution in [0, 0.1) is 5.92 Å². The number of likely N-dealkylation sites (tertiary alicyclic amines) is 1. The van der Waals surface area contributed by atoms with Crippen LogP contribution in [-0.2, 0) is 62.4 Å². The van der Waals surface area contributed by atoms with Crippen LogP contribution in [0.3, 0.4) is 0 Å². The van der Waals surface area contributed by atoms with E-state index in [9.17, 15) is 38.4 Å². The maximum absolute atomic E-state index is 14.6. The van der Waals surface area contributed by atoms with E-state index < -0.39 is 88.8 Å². The average Bonchev–Trinajstić information content (AvgIpc) is 3.39. The molecule has 4 atom stereocenters. The highest BCUT2D eigenvalue weighted by atomic mass is 16.6. The fourth-order valence-electron chi connectivity index (χ4n) is 8.68. The summed E-state index contributed by atoms with van der Waals surface area (Å²) >= 11 is 0. The summed E-state index contributed by atoms with van der Waals surface area (Å²) in [5, 5.41) is 20.1. The Balaban J connectivity index is 1.53. The summed E-state index contributed by atoms with van der Waals surface area (Å²) < 4.78 is 21.4. The molecule has 7 amide bonds. The van der Waals surface area contributed by atoms with Crippen molar-refractivity contribution in [2.24, 2.45) is 5.92 Å². The molecule has 0 saturated carbocycles. The number of alkyl carbamates (subject to hydrolysis) is 3. The van der Waals surface area contributed by atoms with Crippen molar-refractivity contribution < 1.29 is 57.3 Å². The van der Waals surface area contributed by atoms with Gasteiger partial charge in [0.25, 0.3) is 0 Å². The molecule has 1 heterocycles. The summed E-state index contributed by atoms with van der Waals surface area (Å²) in [7, 11) is 1.30. The van der Waals surface area contributed by atoms with Gasteiger partial charge in [-0.1, -0.05) is 105 Å². The lowest BCUT2D eigenvalue weighted by Gasteiger charge is -2.41. The lowest BCUT2D eigenvalue weighted by molar-refractivity contribution is -0.153. The van der Waals surface area contributed by atoms with Crippen LogP contribution in [0.1, 0.15) is 117 Å². The van der Waals surface area contributed by atoms with Crippen LogP contribution in [0.25, 0.3) is 0 Å². The maximum Gasteiger partial charge on any atom is 0.408 e. The fraction of sp³-hybridized carbons (Fsp3) is 0.552. The number of piperidine rings is 1. The number of unbranched alkanes of at least 4 members (excludes halogenated alkanes) is 1. The van der Waals surface area contributed by atoms with E-state index in [1.165, 1.54) is 7.11 Å². The zero-order chi connectivity index (χ0) is 57.3. The zero-order valence-electron chi connectivity index (χ0n) is 47.0. The van der Waals surface area contributed by atoms with E-state index in [1.807, 2.05) is 92.7 Å². The van der Waals surface area contributed by atoms with E-state index in [0.29, 0.717) is 32.4 Å². The molecular weight excluding hydrogens is 1000 g/mol. The molecule has 1 aliphatic heterocycles. The Morgan fingerprint density at radius 1 is 0.551 bits per heavy atom. The molecule has 78 heavy (non-hydrogen) atoms. The molecule has 0 spiro atoms. The number of hydrogen-bond acceptors (Lipinski definition) is 13. The molecule has 3 aromatic rings. The topological polar surface area (TPSA) is 261 Å². The number of carbonyl (C=O) groups excluding carboxylic acids is 8. The highest BCUT2D eigenvalue weighted by Crippen LogP contribution is 2.25. The van der Waals surface area contributed by atoms with Crippen molar-refractivity contribution in [3.05, 3.63) is 108 Å². The number of carbonyl (C=O) groups is 8. The molecule has 3 aromatic carbocycles. The highest BCUT2D eigenvalue weighted by molar-refractivity contribution is 5.95. The van der Waals surface area contributed by atoms with Crippen LogP contribution in [-0.4, -0.2) is 134 Å². The summed E-state index contributed by atoms with van der Waals surface area (Å²) in [5.41, 5.74) is -0.334. The lowest BCUT2D eigenvalue weighted by atomic mass is 9.86. The molecule has 20 heteroatoms. The first-order valence-electron chi connectivity index (χ1n) is 27.0. The van der Waals surface area contributed by atoms with Crippen molar-refractivity contribution in [2.75, 3.05) is 39.8 Å². The second-order valence-electron chi connectivity index (χ2n) is 22.0. The number of ether oxygens (including phenoxy) is 4. The maximum atomic E-state index is 14.6. The number of rotatable bonds is 27. The van der Waals surface area contributed by atoms with Crippen LogP contribution in [0.5, 0.6) is 0 Å². The molecule has 0 radical (unpaired) electrons. The van der Waals surface area contributed by atoms with Gasteiger partial charge in [0.05, 0.1) is 7.11 Å². The SMILES string of the molecule is COC(=O)C1(NCCCNC(=O)OC(C)(C)C)CCN(C(=O)C(CCCCNC(=O)OCc2ccccc2)NC(=O)C(CC(C)C)NC(=O)C(Cc2ccccc2)NC(=O)C(Cc2ccccc2)NC(=O)OC(C)(C)C)CC1. The standard InChI is InChI=1S/C58H84N8O12/c1-40(2)36-45(63-49(68)46(37-41-22-13-10-14-23-41)64-50(69)47(38-42-24-15-11-16-25-42)65-55(74)78-57(6,7)8)48(67)62-44(28-19-20-31-59-53(72)76-39-43-26-17-12-18-27-43)51(70)66-34-29-58(30-35-66,52(71)75-9)61-33-21-32-60-54(73)77-56(3,4)5/h10-18,22-27,40,44-47,61H,19-21,28-39H2,1-9H3,(H,59,72)(H,60,73)(H,62,67)(H,63,68)(H,64,69)(H,65,74). The quantitative estimate of drug-likeness (QED) is 0.0263. The van der Waals surface area contributed by atoms with Crippen LogP contribution in [0.2, 0.25) is 0 Å². The van der Waals surface area contributed by atoms with Crippen LogP contribution >= 0.6 is 0 Å². The van der Waals surface area contributed by atoms with Gasteiger partial charge in [-0.25, -0.2) is 14.4 Å². The summed E-state index contributed by atoms with van der Waals surface area (Å²) in [6.45, 7) is 15.4. The second kappa shape index (κ2) is 31.2. The average molecular weight is 1090 g/mol. The number of amides is 7. The smallest absolute Gasteiger partial charge is 0.408 e. The van der Waals surface area contributed by atoms with Crippen molar-refractivity contribution in [1.29, 1.82) is 0 Å². The van der Waals surface area contributed by atoms with Crippen molar-refractivity contribution in [3.8, 4) is 0 Å². The predicted octanol–water partition coefficient (Wildman–Crippen LogP) is 6.00. The van der Waals surface area contributed by atoms with E-state index in [1.54, 1.807) is 58.6 Å². The van der Waals surface area contributed by atoms with E-state index >= 15 is 0 Å². The summed E-state index contributed by atoms with van der Waals surface area (Å²) in [5.74, 6) is -2.95. The van der Waals surface area contributed by atoms with Crippen molar-refractivity contribution >= 4 is 47.9 Å². The van der Waals surface area contributed by atoms with Gasteiger partial charge >= 0.3 is 24.2 Å². The molecule has 7 N–H and O–H groups in total. The zero-order valence-corrected chi connectivity index (χ0v) is 47.0. The van der Waals surface area contributed by atoms with Crippen molar-refractivity contribution in [1.82, 2.24) is 42.1 Å². The van der Waals surface area contributed by atoms with Crippen molar-refractivity contribution in [3.63, 3.8) is 0 Å². The Bertz CT molecular complexity index is 2390. The van der Waals surface area contributed by atoms with Gasteiger partial charge < -0.3 is 61.1 Å². The first-order chi connectivity index (χ1) is 37.0. The van der Waals surface area contributed by atoms with Crippen LogP contribution in [0.15, 0.2) is 91.0 Å². The number of benzene rings is 3. The third-order valence-electron chi connectivity index (χ3n) is 12.6. The monoisotopic (exact) mass is 1080 g/mol. The van der Waals surface area contributed by atoms with E-state index in [4.69, 9.17) is 18.9 Å². The molecule has 0 bridgehead atoms. The molecule has 428 valence electrons. The van der Waals surface area contributed by atoms with Gasteiger partial charge in [-0.15, -0.1) is 0 Å². The summed E-state index contributed by atoms with van der Waals surface area (Å²) in [6, 6.07) is 22.8. The minimum absolute atomic E-state index is 0.0354. The molecule has 0 aromatic heterocycles. The lowest BCUT2D eigenvalue weighted by Crippen LogP contribution is -2.62. The summed E-state index contributed by atoms with van der Waals surface area (Å²) in [4.78, 5) is 111. The predicted molar refractivity (Wildman–Crippen MR) is 295 cm³/mol.